The Balaban J connectivity index is 1.49. The summed E-state index contributed by atoms with van der Waals surface area (Å²) in [6.45, 7) is 7.71. The minimum absolute atomic E-state index is 0.0973. The molecule has 3 amide bonds. The van der Waals surface area contributed by atoms with Gasteiger partial charge in [-0.25, -0.2) is 0 Å². The Kier molecular flexibility index (Phi) is 6.20. The van der Waals surface area contributed by atoms with E-state index in [0.717, 1.165) is 29.8 Å². The number of piperidine rings is 2. The highest BCUT2D eigenvalue weighted by molar-refractivity contribution is 6.05. The SMILES string of the molecule is CC(C)C(NCc1cccc2c1C(=O)N(C1CCC(=O)NC1=O)C2)C1CCNCC1. The topological polar surface area (TPSA) is 90.5 Å². The zero-order valence-corrected chi connectivity index (χ0v) is 17.9. The maximum atomic E-state index is 13.2. The number of amides is 3. The Morgan fingerprint density at radius 1 is 1.13 bits per heavy atom. The third kappa shape index (κ3) is 4.14. The smallest absolute Gasteiger partial charge is 0.255 e. The van der Waals surface area contributed by atoms with Crippen LogP contribution in [-0.2, 0) is 22.7 Å². The van der Waals surface area contributed by atoms with E-state index in [2.05, 4.69) is 29.8 Å². The summed E-state index contributed by atoms with van der Waals surface area (Å²) in [7, 11) is 0. The van der Waals surface area contributed by atoms with Gasteiger partial charge in [0.15, 0.2) is 0 Å². The van der Waals surface area contributed by atoms with Crippen LogP contribution >= 0.6 is 0 Å². The molecule has 7 nitrogen and oxygen atoms in total. The number of carbonyl (C=O) groups excluding carboxylic acids is 3. The molecule has 0 aromatic heterocycles. The van der Waals surface area contributed by atoms with Crippen molar-refractivity contribution in [3.8, 4) is 0 Å². The number of rotatable bonds is 6. The van der Waals surface area contributed by atoms with Crippen molar-refractivity contribution in [1.29, 1.82) is 0 Å². The summed E-state index contributed by atoms with van der Waals surface area (Å²) in [6, 6.07) is 5.81. The van der Waals surface area contributed by atoms with E-state index >= 15 is 0 Å². The standard InChI is InChI=1S/C23H32N4O3/c1-14(2)21(15-8-10-24-11-9-15)25-12-16-4-3-5-17-13-27(23(30)20(16)17)18-6-7-19(28)26-22(18)29/h3-5,14-15,18,21,24-25H,6-13H2,1-2H3,(H,26,28,29). The number of hydrogen-bond donors (Lipinski definition) is 3. The highest BCUT2D eigenvalue weighted by Crippen LogP contribution is 2.30. The fourth-order valence-corrected chi connectivity index (χ4v) is 5.22. The number of benzene rings is 1. The molecular formula is C23H32N4O3. The van der Waals surface area contributed by atoms with Crippen molar-refractivity contribution in [2.75, 3.05) is 13.1 Å². The third-order valence-corrected chi connectivity index (χ3v) is 6.78. The fourth-order valence-electron chi connectivity index (χ4n) is 5.22. The molecule has 2 fully saturated rings. The van der Waals surface area contributed by atoms with Crippen LogP contribution in [0, 0.1) is 11.8 Å². The van der Waals surface area contributed by atoms with Gasteiger partial charge in [-0.1, -0.05) is 32.0 Å². The first-order valence-corrected chi connectivity index (χ1v) is 11.1. The second kappa shape index (κ2) is 8.86. The Morgan fingerprint density at radius 3 is 2.60 bits per heavy atom. The second-order valence-electron chi connectivity index (χ2n) is 9.09. The molecule has 2 saturated heterocycles. The third-order valence-electron chi connectivity index (χ3n) is 6.78. The summed E-state index contributed by atoms with van der Waals surface area (Å²) in [5.74, 6) is 0.430. The van der Waals surface area contributed by atoms with Crippen LogP contribution < -0.4 is 16.0 Å². The minimum atomic E-state index is -0.568. The van der Waals surface area contributed by atoms with Gasteiger partial charge in [0.1, 0.15) is 6.04 Å². The minimum Gasteiger partial charge on any atom is -0.322 e. The molecule has 3 aliphatic rings. The van der Waals surface area contributed by atoms with Gasteiger partial charge >= 0.3 is 0 Å². The van der Waals surface area contributed by atoms with Crippen molar-refractivity contribution in [2.24, 2.45) is 11.8 Å². The Bertz CT molecular complexity index is 832. The number of imide groups is 1. The molecule has 3 heterocycles. The van der Waals surface area contributed by atoms with Crippen LogP contribution in [0.15, 0.2) is 18.2 Å². The number of carbonyl (C=O) groups is 3. The summed E-state index contributed by atoms with van der Waals surface area (Å²) in [4.78, 5) is 38.6. The van der Waals surface area contributed by atoms with Gasteiger partial charge in [0.05, 0.1) is 0 Å². The fraction of sp³-hybridized carbons (Fsp3) is 0.609. The summed E-state index contributed by atoms with van der Waals surface area (Å²) in [6.07, 6.45) is 3.01. The summed E-state index contributed by atoms with van der Waals surface area (Å²) < 4.78 is 0. The first-order valence-electron chi connectivity index (χ1n) is 11.1. The average Bonchev–Trinajstić information content (AvgIpc) is 3.06. The molecule has 1 aromatic carbocycles. The van der Waals surface area contributed by atoms with Crippen LogP contribution in [0.2, 0.25) is 0 Å². The highest BCUT2D eigenvalue weighted by atomic mass is 16.2. The largest absolute Gasteiger partial charge is 0.322 e. The Labute approximate surface area is 178 Å². The molecule has 0 bridgehead atoms. The van der Waals surface area contributed by atoms with E-state index in [-0.39, 0.29) is 24.1 Å². The van der Waals surface area contributed by atoms with Gasteiger partial charge in [0, 0.05) is 31.1 Å². The molecule has 0 aliphatic carbocycles. The zero-order valence-electron chi connectivity index (χ0n) is 17.9. The van der Waals surface area contributed by atoms with Crippen LogP contribution in [0.4, 0.5) is 0 Å². The quantitative estimate of drug-likeness (QED) is 0.617. The van der Waals surface area contributed by atoms with E-state index in [9.17, 15) is 14.4 Å². The van der Waals surface area contributed by atoms with Crippen LogP contribution in [0.25, 0.3) is 0 Å². The molecule has 3 aliphatic heterocycles. The van der Waals surface area contributed by atoms with Gasteiger partial charge in [0.25, 0.3) is 5.91 Å². The van der Waals surface area contributed by atoms with Gasteiger partial charge < -0.3 is 15.5 Å². The molecule has 0 saturated carbocycles. The number of nitrogens with one attached hydrogen (secondary N) is 3. The van der Waals surface area contributed by atoms with E-state index in [0.29, 0.717) is 37.4 Å². The summed E-state index contributed by atoms with van der Waals surface area (Å²) in [5.41, 5.74) is 2.68. The Hall–Kier alpha value is -2.25. The normalized spacial score (nSPS) is 23.6. The number of fused-ring (bicyclic) bond motifs is 1. The lowest BCUT2D eigenvalue weighted by molar-refractivity contribution is -0.136. The Morgan fingerprint density at radius 2 is 1.90 bits per heavy atom. The van der Waals surface area contributed by atoms with Crippen molar-refractivity contribution in [3.63, 3.8) is 0 Å². The highest BCUT2D eigenvalue weighted by Gasteiger charge is 2.40. The predicted molar refractivity (Wildman–Crippen MR) is 114 cm³/mol. The molecule has 2 unspecified atom stereocenters. The first kappa shape index (κ1) is 21.0. The molecule has 162 valence electrons. The lowest BCUT2D eigenvalue weighted by atomic mass is 9.84. The molecule has 0 spiro atoms. The average molecular weight is 413 g/mol. The molecule has 30 heavy (non-hydrogen) atoms. The summed E-state index contributed by atoms with van der Waals surface area (Å²) in [5, 5.41) is 9.54. The van der Waals surface area contributed by atoms with Crippen LogP contribution in [0.1, 0.15) is 61.0 Å². The first-order chi connectivity index (χ1) is 14.5. The molecule has 4 rings (SSSR count). The van der Waals surface area contributed by atoms with E-state index in [1.807, 2.05) is 18.2 Å². The van der Waals surface area contributed by atoms with Gasteiger partial charge in [-0.3, -0.25) is 19.7 Å². The van der Waals surface area contributed by atoms with Gasteiger partial charge in [-0.2, -0.15) is 0 Å². The monoisotopic (exact) mass is 412 g/mol. The maximum Gasteiger partial charge on any atom is 0.255 e. The van der Waals surface area contributed by atoms with E-state index < -0.39 is 6.04 Å². The maximum absolute atomic E-state index is 13.2. The van der Waals surface area contributed by atoms with Crippen molar-refractivity contribution in [3.05, 3.63) is 34.9 Å². The zero-order chi connectivity index (χ0) is 21.3. The lowest BCUT2D eigenvalue weighted by Gasteiger charge is -2.34. The molecular weight excluding hydrogens is 380 g/mol. The molecule has 2 atom stereocenters. The van der Waals surface area contributed by atoms with Gasteiger partial charge in [0.2, 0.25) is 11.8 Å². The van der Waals surface area contributed by atoms with Crippen molar-refractivity contribution in [1.82, 2.24) is 20.9 Å². The molecule has 1 aromatic rings. The summed E-state index contributed by atoms with van der Waals surface area (Å²) >= 11 is 0. The van der Waals surface area contributed by atoms with Crippen molar-refractivity contribution in [2.45, 2.75) is 64.7 Å². The van der Waals surface area contributed by atoms with Crippen LogP contribution in [0.3, 0.4) is 0 Å². The molecule has 7 heteroatoms. The lowest BCUT2D eigenvalue weighted by Crippen LogP contribution is -2.52. The van der Waals surface area contributed by atoms with E-state index in [1.54, 1.807) is 4.90 Å². The number of nitrogens with zero attached hydrogens (tertiary/aromatic N) is 1. The molecule has 3 N–H and O–H groups in total. The second-order valence-corrected chi connectivity index (χ2v) is 9.09. The van der Waals surface area contributed by atoms with Crippen molar-refractivity contribution < 1.29 is 14.4 Å². The van der Waals surface area contributed by atoms with E-state index in [1.165, 1.54) is 12.8 Å². The molecule has 0 radical (unpaired) electrons. The number of hydrogen-bond acceptors (Lipinski definition) is 5. The predicted octanol–water partition coefficient (Wildman–Crippen LogP) is 1.56. The van der Waals surface area contributed by atoms with Crippen LogP contribution in [-0.4, -0.2) is 47.8 Å². The van der Waals surface area contributed by atoms with Gasteiger partial charge in [-0.15, -0.1) is 0 Å². The van der Waals surface area contributed by atoms with E-state index in [4.69, 9.17) is 0 Å². The van der Waals surface area contributed by atoms with Crippen LogP contribution in [0.5, 0.6) is 0 Å². The van der Waals surface area contributed by atoms with Gasteiger partial charge in [-0.05, 0) is 55.3 Å². The van der Waals surface area contributed by atoms with Crippen molar-refractivity contribution >= 4 is 17.7 Å².